The highest BCUT2D eigenvalue weighted by Crippen LogP contribution is 2.26. The van der Waals surface area contributed by atoms with Gasteiger partial charge < -0.3 is 5.73 Å². The van der Waals surface area contributed by atoms with Crippen LogP contribution in [0.3, 0.4) is 0 Å². The Morgan fingerprint density at radius 2 is 2.36 bits per heavy atom. The highest BCUT2D eigenvalue weighted by atomic mass is 35.5. The van der Waals surface area contributed by atoms with Crippen molar-refractivity contribution in [3.05, 3.63) is 21.9 Å². The molecule has 1 rings (SSSR count). The fraction of sp³-hybridized carbons (Fsp3) is 0.286. The van der Waals surface area contributed by atoms with E-state index in [1.54, 1.807) is 0 Å². The minimum atomic E-state index is -0.673. The molecule has 0 aliphatic carbocycles. The number of amides is 1. The number of hydrogen-bond acceptors (Lipinski definition) is 2. The van der Waals surface area contributed by atoms with Gasteiger partial charge in [-0.05, 0) is 19.1 Å². The lowest BCUT2D eigenvalue weighted by atomic mass is 10.3. The number of hydrogen-bond donors (Lipinski definition) is 1. The van der Waals surface area contributed by atoms with E-state index in [-0.39, 0.29) is 0 Å². The van der Waals surface area contributed by atoms with Crippen molar-refractivity contribution in [2.24, 2.45) is 5.73 Å². The highest BCUT2D eigenvalue weighted by Gasteiger charge is 2.15. The molecular formula is C7H8ClNOS. The number of alkyl halides is 1. The summed E-state index contributed by atoms with van der Waals surface area (Å²) in [6.45, 7) is 1.96. The van der Waals surface area contributed by atoms with Crippen LogP contribution in [0.5, 0.6) is 0 Å². The molecule has 0 saturated carbocycles. The largest absolute Gasteiger partial charge is 0.368 e. The molecule has 1 aromatic rings. The lowest BCUT2D eigenvalue weighted by Gasteiger charge is -1.99. The number of carbonyl (C=O) groups excluding carboxylic acids is 1. The average molecular weight is 190 g/mol. The first-order valence-corrected chi connectivity index (χ1v) is 4.36. The van der Waals surface area contributed by atoms with Crippen molar-refractivity contribution >= 4 is 28.8 Å². The van der Waals surface area contributed by atoms with Crippen LogP contribution in [-0.4, -0.2) is 5.91 Å². The lowest BCUT2D eigenvalue weighted by Crippen LogP contribution is -2.15. The van der Waals surface area contributed by atoms with Crippen molar-refractivity contribution < 1.29 is 4.79 Å². The van der Waals surface area contributed by atoms with E-state index in [0.717, 1.165) is 9.75 Å². The van der Waals surface area contributed by atoms with Crippen molar-refractivity contribution in [1.82, 2.24) is 0 Å². The zero-order valence-electron chi connectivity index (χ0n) is 6.00. The number of primary amides is 1. The number of rotatable bonds is 2. The molecule has 1 atom stereocenters. The molecule has 60 valence electrons. The fourth-order valence-corrected chi connectivity index (χ4v) is 1.80. The number of thiophene rings is 1. The van der Waals surface area contributed by atoms with Gasteiger partial charge in [-0.1, -0.05) is 0 Å². The van der Waals surface area contributed by atoms with E-state index < -0.39 is 11.3 Å². The maximum absolute atomic E-state index is 10.6. The summed E-state index contributed by atoms with van der Waals surface area (Å²) in [6.07, 6.45) is 0. The van der Waals surface area contributed by atoms with Crippen molar-refractivity contribution in [2.75, 3.05) is 0 Å². The highest BCUT2D eigenvalue weighted by molar-refractivity contribution is 7.12. The van der Waals surface area contributed by atoms with E-state index in [1.807, 2.05) is 19.1 Å². The Morgan fingerprint density at radius 3 is 2.73 bits per heavy atom. The third kappa shape index (κ3) is 1.94. The van der Waals surface area contributed by atoms with Crippen LogP contribution in [0.15, 0.2) is 12.1 Å². The first-order valence-electron chi connectivity index (χ1n) is 3.11. The van der Waals surface area contributed by atoms with E-state index in [4.69, 9.17) is 17.3 Å². The molecule has 2 N–H and O–H groups in total. The van der Waals surface area contributed by atoms with Crippen LogP contribution in [0, 0.1) is 6.92 Å². The molecule has 1 aromatic heterocycles. The SMILES string of the molecule is Cc1ccc(C(Cl)C(N)=O)s1. The molecule has 0 bridgehead atoms. The van der Waals surface area contributed by atoms with E-state index in [0.29, 0.717) is 0 Å². The van der Waals surface area contributed by atoms with Crippen molar-refractivity contribution in [1.29, 1.82) is 0 Å². The maximum atomic E-state index is 10.6. The van der Waals surface area contributed by atoms with Crippen molar-refractivity contribution in [3.8, 4) is 0 Å². The summed E-state index contributed by atoms with van der Waals surface area (Å²) in [4.78, 5) is 12.6. The summed E-state index contributed by atoms with van der Waals surface area (Å²) in [6, 6.07) is 3.74. The topological polar surface area (TPSA) is 43.1 Å². The molecule has 0 aliphatic heterocycles. The van der Waals surface area contributed by atoms with Gasteiger partial charge >= 0.3 is 0 Å². The Morgan fingerprint density at radius 1 is 1.73 bits per heavy atom. The van der Waals surface area contributed by atoms with Crippen LogP contribution in [-0.2, 0) is 4.79 Å². The minimum Gasteiger partial charge on any atom is -0.368 e. The summed E-state index contributed by atoms with van der Waals surface area (Å²) in [5.74, 6) is -0.492. The predicted octanol–water partition coefficient (Wildman–Crippen LogP) is 1.82. The van der Waals surface area contributed by atoms with E-state index in [2.05, 4.69) is 0 Å². The van der Waals surface area contributed by atoms with Gasteiger partial charge in [0.05, 0.1) is 0 Å². The van der Waals surface area contributed by atoms with Gasteiger partial charge in [0.25, 0.3) is 0 Å². The maximum Gasteiger partial charge on any atom is 0.240 e. The Balaban J connectivity index is 2.84. The third-order valence-corrected chi connectivity index (χ3v) is 2.91. The smallest absolute Gasteiger partial charge is 0.240 e. The van der Waals surface area contributed by atoms with Gasteiger partial charge in [-0.3, -0.25) is 4.79 Å². The zero-order valence-corrected chi connectivity index (χ0v) is 7.58. The zero-order chi connectivity index (χ0) is 8.43. The van der Waals surface area contributed by atoms with Gasteiger partial charge in [-0.25, -0.2) is 0 Å². The van der Waals surface area contributed by atoms with Crippen LogP contribution in [0.25, 0.3) is 0 Å². The molecule has 0 spiro atoms. The standard InChI is InChI=1S/C7H8ClNOS/c1-4-2-3-5(11-4)6(8)7(9)10/h2-3,6H,1H3,(H2,9,10). The summed E-state index contributed by atoms with van der Waals surface area (Å²) in [5, 5.41) is -0.673. The van der Waals surface area contributed by atoms with E-state index >= 15 is 0 Å². The Labute approximate surface area is 74.0 Å². The second-order valence-electron chi connectivity index (χ2n) is 2.21. The average Bonchev–Trinajstić information content (AvgIpc) is 2.34. The summed E-state index contributed by atoms with van der Waals surface area (Å²) < 4.78 is 0. The van der Waals surface area contributed by atoms with Crippen LogP contribution in [0.2, 0.25) is 0 Å². The molecule has 1 heterocycles. The van der Waals surface area contributed by atoms with Gasteiger partial charge in [-0.2, -0.15) is 0 Å². The Hall–Kier alpha value is -0.540. The molecule has 0 aliphatic rings. The Kier molecular flexibility index (Phi) is 2.52. The van der Waals surface area contributed by atoms with Crippen molar-refractivity contribution in [3.63, 3.8) is 0 Å². The third-order valence-electron chi connectivity index (χ3n) is 1.26. The molecule has 11 heavy (non-hydrogen) atoms. The molecule has 1 amide bonds. The first kappa shape index (κ1) is 8.56. The number of halogens is 1. The molecule has 0 aromatic carbocycles. The Bertz CT molecular complexity index is 271. The summed E-state index contributed by atoms with van der Waals surface area (Å²) >= 11 is 7.18. The second-order valence-corrected chi connectivity index (χ2v) is 3.97. The molecule has 0 fully saturated rings. The van der Waals surface area contributed by atoms with Crippen LogP contribution in [0.4, 0.5) is 0 Å². The normalized spacial score (nSPS) is 12.9. The quantitative estimate of drug-likeness (QED) is 0.709. The molecule has 0 saturated heterocycles. The second kappa shape index (κ2) is 3.24. The molecule has 4 heteroatoms. The van der Waals surface area contributed by atoms with Gasteiger partial charge in [-0.15, -0.1) is 22.9 Å². The van der Waals surface area contributed by atoms with Gasteiger partial charge in [0, 0.05) is 9.75 Å². The first-order chi connectivity index (χ1) is 5.11. The van der Waals surface area contributed by atoms with Gasteiger partial charge in [0.1, 0.15) is 5.38 Å². The molecular weight excluding hydrogens is 182 g/mol. The van der Waals surface area contributed by atoms with Crippen LogP contribution >= 0.6 is 22.9 Å². The summed E-state index contributed by atoms with van der Waals surface area (Å²) in [7, 11) is 0. The minimum absolute atomic E-state index is 0.492. The van der Waals surface area contributed by atoms with E-state index in [9.17, 15) is 4.79 Å². The molecule has 0 radical (unpaired) electrons. The number of carbonyl (C=O) groups is 1. The summed E-state index contributed by atoms with van der Waals surface area (Å²) in [5.41, 5.74) is 5.01. The lowest BCUT2D eigenvalue weighted by molar-refractivity contribution is -0.117. The van der Waals surface area contributed by atoms with Crippen LogP contribution in [0.1, 0.15) is 15.1 Å². The van der Waals surface area contributed by atoms with E-state index in [1.165, 1.54) is 11.3 Å². The van der Waals surface area contributed by atoms with Gasteiger partial charge in [0.15, 0.2) is 0 Å². The monoisotopic (exact) mass is 189 g/mol. The number of nitrogens with two attached hydrogens (primary N) is 1. The molecule has 2 nitrogen and oxygen atoms in total. The van der Waals surface area contributed by atoms with Gasteiger partial charge in [0.2, 0.25) is 5.91 Å². The predicted molar refractivity (Wildman–Crippen MR) is 46.8 cm³/mol. The fourth-order valence-electron chi connectivity index (χ4n) is 0.730. The van der Waals surface area contributed by atoms with Crippen molar-refractivity contribution in [2.45, 2.75) is 12.3 Å². The molecule has 1 unspecified atom stereocenters. The number of aryl methyl sites for hydroxylation is 1. The van der Waals surface area contributed by atoms with Crippen LogP contribution < -0.4 is 5.73 Å².